The van der Waals surface area contributed by atoms with Crippen LogP contribution in [-0.4, -0.2) is 22.2 Å². The predicted molar refractivity (Wildman–Crippen MR) is 121 cm³/mol. The Morgan fingerprint density at radius 1 is 1.17 bits per heavy atom. The number of rotatable bonds is 5. The van der Waals surface area contributed by atoms with Crippen molar-refractivity contribution in [3.8, 4) is 17.1 Å². The van der Waals surface area contributed by atoms with E-state index in [4.69, 9.17) is 33.0 Å². The molecular weight excluding hydrogens is 426 g/mol. The number of halogens is 1. The van der Waals surface area contributed by atoms with Gasteiger partial charge in [0.2, 0.25) is 0 Å². The van der Waals surface area contributed by atoms with Crippen LogP contribution in [0.2, 0.25) is 5.02 Å². The molecule has 1 aliphatic rings. The third kappa shape index (κ3) is 4.24. The van der Waals surface area contributed by atoms with E-state index >= 15 is 0 Å². The van der Waals surface area contributed by atoms with E-state index in [9.17, 15) is 4.79 Å². The fourth-order valence-electron chi connectivity index (χ4n) is 2.96. The number of thiocarbonyl (C=S) groups is 1. The first kappa shape index (κ1) is 19.8. The Bertz CT molecular complexity index is 1120. The van der Waals surface area contributed by atoms with Gasteiger partial charge >= 0.3 is 0 Å². The first-order valence-corrected chi connectivity index (χ1v) is 10.4. The molecule has 3 aromatic rings. The third-order valence-corrected chi connectivity index (χ3v) is 6.10. The Kier molecular flexibility index (Phi) is 5.76. The summed E-state index contributed by atoms with van der Waals surface area (Å²) in [4.78, 5) is 15.0. The van der Waals surface area contributed by atoms with Crippen LogP contribution in [0.1, 0.15) is 11.3 Å². The molecule has 2 heterocycles. The second-order valence-corrected chi connectivity index (χ2v) is 8.38. The van der Waals surface area contributed by atoms with E-state index in [0.717, 1.165) is 16.9 Å². The zero-order valence-corrected chi connectivity index (χ0v) is 17.8. The van der Waals surface area contributed by atoms with E-state index in [0.29, 0.717) is 32.3 Å². The molecule has 0 atom stereocenters. The van der Waals surface area contributed by atoms with Crippen LogP contribution in [0.5, 0.6) is 5.75 Å². The number of nitrogens with zero attached hydrogens (tertiary/aromatic N) is 1. The van der Waals surface area contributed by atoms with Crippen LogP contribution in [-0.2, 0) is 11.3 Å². The maximum absolute atomic E-state index is 12.9. The van der Waals surface area contributed by atoms with Crippen molar-refractivity contribution in [1.82, 2.24) is 4.90 Å². The number of hydrogen-bond acceptors (Lipinski definition) is 5. The fraction of sp³-hybridized carbons (Fsp3) is 0.0909. The second-order valence-electron chi connectivity index (χ2n) is 6.30. The number of furan rings is 1. The summed E-state index contributed by atoms with van der Waals surface area (Å²) < 4.78 is 11.6. The summed E-state index contributed by atoms with van der Waals surface area (Å²) in [5.74, 6) is 1.82. The molecule has 0 aliphatic carbocycles. The van der Waals surface area contributed by atoms with Gasteiger partial charge in [-0.15, -0.1) is 0 Å². The van der Waals surface area contributed by atoms with E-state index in [1.54, 1.807) is 18.1 Å². The molecule has 146 valence electrons. The minimum atomic E-state index is -0.140. The van der Waals surface area contributed by atoms with Crippen LogP contribution in [0.15, 0.2) is 70.0 Å². The van der Waals surface area contributed by atoms with Crippen molar-refractivity contribution < 1.29 is 13.9 Å². The molecule has 1 aromatic heterocycles. The summed E-state index contributed by atoms with van der Waals surface area (Å²) in [5, 5.41) is 0.609. The fourth-order valence-corrected chi connectivity index (χ4v) is 4.42. The topological polar surface area (TPSA) is 42.7 Å². The number of thioether (sulfide) groups is 1. The molecule has 0 radical (unpaired) electrons. The van der Waals surface area contributed by atoms with Crippen LogP contribution in [0.25, 0.3) is 17.4 Å². The van der Waals surface area contributed by atoms with Crippen LogP contribution < -0.4 is 4.74 Å². The molecule has 0 spiro atoms. The van der Waals surface area contributed by atoms with Gasteiger partial charge < -0.3 is 9.15 Å². The molecule has 0 unspecified atom stereocenters. The molecule has 0 saturated carbocycles. The predicted octanol–water partition coefficient (Wildman–Crippen LogP) is 6.01. The normalized spacial score (nSPS) is 15.4. The minimum Gasteiger partial charge on any atom is -0.497 e. The lowest BCUT2D eigenvalue weighted by Crippen LogP contribution is -2.27. The highest BCUT2D eigenvalue weighted by atomic mass is 35.5. The first-order chi connectivity index (χ1) is 14.0. The van der Waals surface area contributed by atoms with Gasteiger partial charge in [0, 0.05) is 11.6 Å². The summed E-state index contributed by atoms with van der Waals surface area (Å²) in [5.41, 5.74) is 1.75. The summed E-state index contributed by atoms with van der Waals surface area (Å²) in [7, 11) is 1.61. The number of carbonyl (C=O) groups excluding carboxylic acids is 1. The van der Waals surface area contributed by atoms with Crippen molar-refractivity contribution in [2.45, 2.75) is 6.54 Å². The highest BCUT2D eigenvalue weighted by Gasteiger charge is 2.32. The Balaban J connectivity index is 1.54. The van der Waals surface area contributed by atoms with Crippen molar-refractivity contribution in [2.24, 2.45) is 0 Å². The average Bonchev–Trinajstić information content (AvgIpc) is 3.29. The molecule has 7 heteroatoms. The van der Waals surface area contributed by atoms with Gasteiger partial charge in [-0.1, -0.05) is 59.8 Å². The van der Waals surface area contributed by atoms with Crippen LogP contribution in [0.3, 0.4) is 0 Å². The summed E-state index contributed by atoms with van der Waals surface area (Å²) in [6, 6.07) is 18.7. The molecule has 1 aliphatic heterocycles. The highest BCUT2D eigenvalue weighted by molar-refractivity contribution is 8.26. The largest absolute Gasteiger partial charge is 0.497 e. The van der Waals surface area contributed by atoms with Crippen molar-refractivity contribution in [1.29, 1.82) is 0 Å². The molecule has 29 heavy (non-hydrogen) atoms. The number of benzene rings is 2. The number of methoxy groups -OCH3 is 1. The lowest BCUT2D eigenvalue weighted by Gasteiger charge is -2.14. The molecule has 4 nitrogen and oxygen atoms in total. The Morgan fingerprint density at radius 2 is 2.00 bits per heavy atom. The van der Waals surface area contributed by atoms with Gasteiger partial charge in [-0.2, -0.15) is 0 Å². The molecule has 0 N–H and O–H groups in total. The van der Waals surface area contributed by atoms with Crippen molar-refractivity contribution in [3.05, 3.63) is 81.9 Å². The van der Waals surface area contributed by atoms with E-state index in [1.165, 1.54) is 11.8 Å². The molecule has 2 aromatic carbocycles. The number of hydrogen-bond donors (Lipinski definition) is 0. The lowest BCUT2D eigenvalue weighted by atomic mass is 10.2. The molecular formula is C22H16ClNO3S2. The van der Waals surface area contributed by atoms with E-state index < -0.39 is 0 Å². The van der Waals surface area contributed by atoms with Gasteiger partial charge in [0.1, 0.15) is 21.6 Å². The Labute approximate surface area is 183 Å². The van der Waals surface area contributed by atoms with Crippen LogP contribution in [0.4, 0.5) is 0 Å². The van der Waals surface area contributed by atoms with E-state index in [1.807, 2.05) is 60.7 Å². The smallest absolute Gasteiger partial charge is 0.266 e. The van der Waals surface area contributed by atoms with Crippen molar-refractivity contribution in [3.63, 3.8) is 0 Å². The van der Waals surface area contributed by atoms with Gasteiger partial charge in [-0.25, -0.2) is 0 Å². The number of carbonyl (C=O) groups is 1. The number of amides is 1. The quantitative estimate of drug-likeness (QED) is 0.358. The zero-order valence-electron chi connectivity index (χ0n) is 15.4. The summed E-state index contributed by atoms with van der Waals surface area (Å²) >= 11 is 12.9. The third-order valence-electron chi connectivity index (χ3n) is 4.39. The monoisotopic (exact) mass is 441 g/mol. The maximum Gasteiger partial charge on any atom is 0.266 e. The standard InChI is InChI=1S/C22H16ClNO3S2/c1-26-15-6-4-5-14(11-15)13-24-21(25)20(29-22(24)28)12-16-9-10-19(27-16)17-7-2-3-8-18(17)23/h2-12H,13H2,1H3/b20-12-. The van der Waals surface area contributed by atoms with Crippen molar-refractivity contribution in [2.75, 3.05) is 7.11 Å². The van der Waals surface area contributed by atoms with Crippen LogP contribution >= 0.6 is 35.6 Å². The van der Waals surface area contributed by atoms with Gasteiger partial charge in [0.15, 0.2) is 0 Å². The van der Waals surface area contributed by atoms with E-state index in [-0.39, 0.29) is 5.91 Å². The van der Waals surface area contributed by atoms with Crippen LogP contribution in [0, 0.1) is 0 Å². The molecule has 0 bridgehead atoms. The molecule has 4 rings (SSSR count). The molecule has 1 amide bonds. The lowest BCUT2D eigenvalue weighted by molar-refractivity contribution is -0.122. The summed E-state index contributed by atoms with van der Waals surface area (Å²) in [6.07, 6.45) is 1.71. The van der Waals surface area contributed by atoms with E-state index in [2.05, 4.69) is 0 Å². The Hall–Kier alpha value is -2.54. The van der Waals surface area contributed by atoms with Crippen molar-refractivity contribution >= 4 is 51.9 Å². The zero-order chi connectivity index (χ0) is 20.4. The average molecular weight is 442 g/mol. The second kappa shape index (κ2) is 8.45. The Morgan fingerprint density at radius 3 is 2.79 bits per heavy atom. The number of ether oxygens (including phenoxy) is 1. The molecule has 1 fully saturated rings. The van der Waals surface area contributed by atoms with Gasteiger partial charge in [-0.3, -0.25) is 9.69 Å². The maximum atomic E-state index is 12.9. The van der Waals surface area contributed by atoms with Gasteiger partial charge in [0.05, 0.1) is 23.6 Å². The SMILES string of the molecule is COc1cccc(CN2C(=O)/C(=C/c3ccc(-c4ccccc4Cl)o3)SC2=S)c1. The first-order valence-electron chi connectivity index (χ1n) is 8.78. The van der Waals surface area contributed by atoms with Gasteiger partial charge in [-0.05, 0) is 42.0 Å². The molecule has 1 saturated heterocycles. The summed E-state index contributed by atoms with van der Waals surface area (Å²) in [6.45, 7) is 0.391. The van der Waals surface area contributed by atoms with Gasteiger partial charge in [0.25, 0.3) is 5.91 Å². The minimum absolute atomic E-state index is 0.140. The highest BCUT2D eigenvalue weighted by Crippen LogP contribution is 2.35.